The van der Waals surface area contributed by atoms with Gasteiger partial charge in [0.15, 0.2) is 0 Å². The lowest BCUT2D eigenvalue weighted by atomic mass is 9.51. The summed E-state index contributed by atoms with van der Waals surface area (Å²) in [5.41, 5.74) is 0.602. The van der Waals surface area contributed by atoms with Crippen LogP contribution in [-0.4, -0.2) is 22.8 Å². The van der Waals surface area contributed by atoms with Gasteiger partial charge in [0.05, 0.1) is 17.5 Å². The van der Waals surface area contributed by atoms with E-state index >= 15 is 0 Å². The summed E-state index contributed by atoms with van der Waals surface area (Å²) >= 11 is 0. The van der Waals surface area contributed by atoms with Gasteiger partial charge in [-0.15, -0.1) is 0 Å². The summed E-state index contributed by atoms with van der Waals surface area (Å²) in [6, 6.07) is 6.57. The number of amides is 2. The number of fused-ring (bicyclic) bond motifs is 1. The van der Waals surface area contributed by atoms with Crippen LogP contribution < -0.4 is 0 Å². The van der Waals surface area contributed by atoms with E-state index in [1.165, 1.54) is 32.1 Å². The molecule has 25 heavy (non-hydrogen) atoms. The first-order chi connectivity index (χ1) is 12.1. The molecule has 1 aromatic rings. The van der Waals surface area contributed by atoms with Crippen LogP contribution in [-0.2, 0) is 9.63 Å². The van der Waals surface area contributed by atoms with Crippen molar-refractivity contribution >= 4 is 17.8 Å². The van der Waals surface area contributed by atoms with Crippen LogP contribution in [0.4, 0.5) is 0 Å². The molecular formula is C20H21NO4. The fraction of sp³-hybridized carbons (Fsp3) is 0.550. The summed E-state index contributed by atoms with van der Waals surface area (Å²) in [5, 5.41) is 0.642. The highest BCUT2D eigenvalue weighted by Crippen LogP contribution is 2.57. The van der Waals surface area contributed by atoms with Crippen LogP contribution in [0.25, 0.3) is 0 Å². The normalized spacial score (nSPS) is 35.2. The lowest BCUT2D eigenvalue weighted by molar-refractivity contribution is -0.173. The van der Waals surface area contributed by atoms with Crippen LogP contribution in [0.1, 0.15) is 59.2 Å². The van der Waals surface area contributed by atoms with E-state index in [4.69, 9.17) is 4.84 Å². The number of hydrogen-bond donors (Lipinski definition) is 0. The summed E-state index contributed by atoms with van der Waals surface area (Å²) in [5.74, 6) is 1.76. The molecule has 5 aliphatic rings. The number of hydrogen-bond acceptors (Lipinski definition) is 4. The molecule has 0 atom stereocenters. The largest absolute Gasteiger partial charge is 0.333 e. The van der Waals surface area contributed by atoms with Gasteiger partial charge in [-0.3, -0.25) is 9.59 Å². The minimum Gasteiger partial charge on any atom is -0.330 e. The number of nitrogens with zero attached hydrogens (tertiary/aromatic N) is 1. The molecule has 2 amide bonds. The molecule has 5 heteroatoms. The molecule has 0 aromatic heterocycles. The van der Waals surface area contributed by atoms with Crippen molar-refractivity contribution in [3.8, 4) is 0 Å². The molecule has 0 spiro atoms. The number of benzene rings is 1. The predicted molar refractivity (Wildman–Crippen MR) is 88.2 cm³/mol. The molecule has 130 valence electrons. The van der Waals surface area contributed by atoms with Gasteiger partial charge in [0.1, 0.15) is 0 Å². The van der Waals surface area contributed by atoms with Crippen molar-refractivity contribution in [1.82, 2.24) is 5.06 Å². The Labute approximate surface area is 146 Å². The quantitative estimate of drug-likeness (QED) is 0.793. The van der Waals surface area contributed by atoms with E-state index < -0.39 is 17.8 Å². The van der Waals surface area contributed by atoms with Crippen molar-refractivity contribution in [2.24, 2.45) is 29.6 Å². The van der Waals surface area contributed by atoms with E-state index in [0.717, 1.165) is 11.8 Å². The van der Waals surface area contributed by atoms with Gasteiger partial charge in [0.2, 0.25) is 0 Å². The van der Waals surface area contributed by atoms with E-state index in [0.29, 0.717) is 40.4 Å². The third kappa shape index (κ3) is 2.32. The van der Waals surface area contributed by atoms with Crippen molar-refractivity contribution in [1.29, 1.82) is 0 Å². The topological polar surface area (TPSA) is 63.7 Å². The van der Waals surface area contributed by atoms with Crippen LogP contribution in [0.2, 0.25) is 0 Å². The number of hydroxylamine groups is 2. The average molecular weight is 339 g/mol. The molecule has 1 aromatic carbocycles. The second-order valence-corrected chi connectivity index (χ2v) is 8.21. The molecular weight excluding hydrogens is 318 g/mol. The SMILES string of the molecule is O=C(CC1C2CC3CC(C2)CC1C3)ON1C(=O)c2ccccc2C1=O. The number of rotatable bonds is 3. The van der Waals surface area contributed by atoms with Gasteiger partial charge in [-0.2, -0.15) is 0 Å². The molecule has 4 fully saturated rings. The van der Waals surface area contributed by atoms with Crippen molar-refractivity contribution in [2.75, 3.05) is 0 Å². The van der Waals surface area contributed by atoms with E-state index in [-0.39, 0.29) is 0 Å². The van der Waals surface area contributed by atoms with E-state index in [1.807, 2.05) is 0 Å². The van der Waals surface area contributed by atoms with Gasteiger partial charge in [0.25, 0.3) is 11.8 Å². The molecule has 4 aliphatic carbocycles. The molecule has 1 heterocycles. The first kappa shape index (κ1) is 15.1. The molecule has 5 nitrogen and oxygen atoms in total. The summed E-state index contributed by atoms with van der Waals surface area (Å²) in [6.45, 7) is 0. The predicted octanol–water partition coefficient (Wildman–Crippen LogP) is 3.20. The van der Waals surface area contributed by atoms with Gasteiger partial charge in [0, 0.05) is 0 Å². The summed E-state index contributed by atoms with van der Waals surface area (Å²) < 4.78 is 0. The van der Waals surface area contributed by atoms with Gasteiger partial charge in [-0.25, -0.2) is 4.79 Å². The van der Waals surface area contributed by atoms with Gasteiger partial charge >= 0.3 is 5.97 Å². The first-order valence-electron chi connectivity index (χ1n) is 9.28. The smallest absolute Gasteiger partial charge is 0.330 e. The van der Waals surface area contributed by atoms with E-state index in [2.05, 4.69) is 0 Å². The van der Waals surface area contributed by atoms with Gasteiger partial charge in [-0.05, 0) is 73.8 Å². The zero-order valence-electron chi connectivity index (χ0n) is 14.0. The van der Waals surface area contributed by atoms with Gasteiger partial charge < -0.3 is 4.84 Å². The third-order valence-electron chi connectivity index (χ3n) is 6.77. The van der Waals surface area contributed by atoms with Crippen molar-refractivity contribution < 1.29 is 19.2 Å². The van der Waals surface area contributed by atoms with E-state index in [9.17, 15) is 14.4 Å². The Morgan fingerprint density at radius 3 is 1.96 bits per heavy atom. The van der Waals surface area contributed by atoms with Crippen molar-refractivity contribution in [2.45, 2.75) is 38.5 Å². The van der Waals surface area contributed by atoms with Crippen molar-refractivity contribution in [3.63, 3.8) is 0 Å². The Morgan fingerprint density at radius 1 is 0.920 bits per heavy atom. The Balaban J connectivity index is 1.27. The maximum Gasteiger partial charge on any atom is 0.333 e. The molecule has 0 saturated heterocycles. The Hall–Kier alpha value is -2.17. The fourth-order valence-electron chi connectivity index (χ4n) is 5.95. The highest BCUT2D eigenvalue weighted by Gasteiger charge is 2.49. The maximum atomic E-state index is 12.5. The lowest BCUT2D eigenvalue weighted by Gasteiger charge is -2.54. The van der Waals surface area contributed by atoms with Crippen LogP contribution in [0.3, 0.4) is 0 Å². The second-order valence-electron chi connectivity index (χ2n) is 8.21. The number of carbonyl (C=O) groups excluding carboxylic acids is 3. The Morgan fingerprint density at radius 2 is 1.44 bits per heavy atom. The number of imide groups is 1. The lowest BCUT2D eigenvalue weighted by Crippen LogP contribution is -2.46. The van der Waals surface area contributed by atoms with Crippen LogP contribution in [0.5, 0.6) is 0 Å². The molecule has 0 N–H and O–H groups in total. The standard InChI is InChI=1S/C20H21NO4/c22-18(10-17-13-6-11-5-12(8-13)9-14(17)7-11)25-21-19(23)15-3-1-2-4-16(15)20(21)24/h1-4,11-14,17H,5-10H2. The first-order valence-corrected chi connectivity index (χ1v) is 9.28. The average Bonchev–Trinajstić information content (AvgIpc) is 2.83. The summed E-state index contributed by atoms with van der Waals surface area (Å²) in [7, 11) is 0. The second kappa shape index (κ2) is 5.41. The molecule has 4 saturated carbocycles. The highest BCUT2D eigenvalue weighted by atomic mass is 16.7. The highest BCUT2D eigenvalue weighted by molar-refractivity contribution is 6.20. The zero-order valence-corrected chi connectivity index (χ0v) is 14.0. The van der Waals surface area contributed by atoms with Gasteiger partial charge in [-0.1, -0.05) is 17.2 Å². The molecule has 0 unspecified atom stereocenters. The van der Waals surface area contributed by atoms with Crippen LogP contribution in [0, 0.1) is 29.6 Å². The minimum absolute atomic E-state index is 0.301. The van der Waals surface area contributed by atoms with E-state index in [1.54, 1.807) is 24.3 Å². The monoisotopic (exact) mass is 339 g/mol. The Bertz CT molecular complexity index is 708. The number of carbonyl (C=O) groups is 3. The maximum absolute atomic E-state index is 12.5. The molecule has 0 radical (unpaired) electrons. The minimum atomic E-state index is -0.543. The fourth-order valence-corrected chi connectivity index (χ4v) is 5.95. The Kier molecular flexibility index (Phi) is 3.27. The molecule has 4 bridgehead atoms. The van der Waals surface area contributed by atoms with Crippen molar-refractivity contribution in [3.05, 3.63) is 35.4 Å². The molecule has 6 rings (SSSR count). The van der Waals surface area contributed by atoms with Crippen LogP contribution >= 0.6 is 0 Å². The molecule has 1 aliphatic heterocycles. The summed E-state index contributed by atoms with van der Waals surface area (Å²) in [6.07, 6.45) is 6.63. The zero-order chi connectivity index (χ0) is 17.1. The third-order valence-corrected chi connectivity index (χ3v) is 6.77. The van der Waals surface area contributed by atoms with Crippen LogP contribution in [0.15, 0.2) is 24.3 Å². The summed E-state index contributed by atoms with van der Waals surface area (Å²) in [4.78, 5) is 42.3.